The second-order valence-electron chi connectivity index (χ2n) is 3.57. The molecule has 0 fully saturated rings. The molecule has 1 aliphatic heterocycles. The zero-order valence-electron chi connectivity index (χ0n) is 9.32. The minimum atomic E-state index is -0.298. The summed E-state index contributed by atoms with van der Waals surface area (Å²) in [5.74, 6) is -0.298. The molecule has 88 valence electrons. The molecule has 4 nitrogen and oxygen atoms in total. The van der Waals surface area contributed by atoms with Crippen molar-refractivity contribution in [3.05, 3.63) is 23.8 Å². The highest BCUT2D eigenvalue weighted by molar-refractivity contribution is 5.92. The first kappa shape index (κ1) is 12.6. The highest BCUT2D eigenvalue weighted by Crippen LogP contribution is 2.28. The van der Waals surface area contributed by atoms with Crippen LogP contribution in [0, 0.1) is 0 Å². The van der Waals surface area contributed by atoms with E-state index in [0.717, 1.165) is 24.5 Å². The van der Waals surface area contributed by atoms with Gasteiger partial charge in [0, 0.05) is 20.1 Å². The highest BCUT2D eigenvalue weighted by atomic mass is 35.5. The number of carbonyl (C=O) groups excluding carboxylic acids is 1. The second-order valence-corrected chi connectivity index (χ2v) is 3.57. The Balaban J connectivity index is 0.00000128. The number of nitrogens with one attached hydrogen (secondary N) is 1. The molecule has 0 atom stereocenters. The predicted octanol–water partition coefficient (Wildman–Crippen LogP) is 1.76. The molecule has 0 radical (unpaired) electrons. The van der Waals surface area contributed by atoms with Gasteiger partial charge in [0.15, 0.2) is 0 Å². The number of carbonyl (C=O) groups is 1. The van der Waals surface area contributed by atoms with Gasteiger partial charge in [-0.1, -0.05) is 0 Å². The fourth-order valence-electron chi connectivity index (χ4n) is 1.73. The SMILES string of the molecule is COC(=O)c1ccc2c(c1)NCCN2C.Cl. The summed E-state index contributed by atoms with van der Waals surface area (Å²) < 4.78 is 4.67. The van der Waals surface area contributed by atoms with Gasteiger partial charge in [0.25, 0.3) is 0 Å². The molecule has 1 heterocycles. The molecule has 0 saturated heterocycles. The van der Waals surface area contributed by atoms with Crippen molar-refractivity contribution in [1.82, 2.24) is 0 Å². The van der Waals surface area contributed by atoms with Crippen LogP contribution in [0.25, 0.3) is 0 Å². The van der Waals surface area contributed by atoms with Crippen molar-refractivity contribution >= 4 is 29.8 Å². The number of benzene rings is 1. The summed E-state index contributed by atoms with van der Waals surface area (Å²) in [6.45, 7) is 1.87. The van der Waals surface area contributed by atoms with Crippen molar-refractivity contribution in [3.8, 4) is 0 Å². The van der Waals surface area contributed by atoms with Gasteiger partial charge in [-0.3, -0.25) is 0 Å². The molecule has 0 aliphatic carbocycles. The van der Waals surface area contributed by atoms with E-state index >= 15 is 0 Å². The van der Waals surface area contributed by atoms with E-state index in [9.17, 15) is 4.79 Å². The Hall–Kier alpha value is -1.42. The predicted molar refractivity (Wildman–Crippen MR) is 66.8 cm³/mol. The second kappa shape index (κ2) is 5.07. The van der Waals surface area contributed by atoms with Crippen molar-refractivity contribution in [3.63, 3.8) is 0 Å². The molecule has 0 aromatic heterocycles. The zero-order valence-corrected chi connectivity index (χ0v) is 10.1. The van der Waals surface area contributed by atoms with E-state index in [-0.39, 0.29) is 18.4 Å². The number of likely N-dealkylation sites (N-methyl/N-ethyl adjacent to an activating group) is 1. The molecule has 5 heteroatoms. The first-order valence-corrected chi connectivity index (χ1v) is 4.90. The van der Waals surface area contributed by atoms with Crippen LogP contribution < -0.4 is 10.2 Å². The van der Waals surface area contributed by atoms with E-state index in [2.05, 4.69) is 15.0 Å². The number of esters is 1. The summed E-state index contributed by atoms with van der Waals surface area (Å²) in [4.78, 5) is 13.5. The molecule has 1 aromatic rings. The Labute approximate surface area is 101 Å². The third-order valence-electron chi connectivity index (χ3n) is 2.59. The Morgan fingerprint density at radius 3 is 2.94 bits per heavy atom. The number of rotatable bonds is 1. The minimum absolute atomic E-state index is 0. The van der Waals surface area contributed by atoms with Gasteiger partial charge in [-0.2, -0.15) is 0 Å². The molecule has 16 heavy (non-hydrogen) atoms. The van der Waals surface area contributed by atoms with Gasteiger partial charge in [-0.05, 0) is 18.2 Å². The van der Waals surface area contributed by atoms with E-state index in [1.807, 2.05) is 19.2 Å². The fraction of sp³-hybridized carbons (Fsp3) is 0.364. The molecular formula is C11H15ClN2O2. The van der Waals surface area contributed by atoms with Crippen LogP contribution in [0.1, 0.15) is 10.4 Å². The van der Waals surface area contributed by atoms with Gasteiger partial charge in [0.1, 0.15) is 0 Å². The van der Waals surface area contributed by atoms with Crippen LogP contribution in [0.3, 0.4) is 0 Å². The first-order chi connectivity index (χ1) is 7.22. The average molecular weight is 243 g/mol. The Morgan fingerprint density at radius 2 is 2.25 bits per heavy atom. The first-order valence-electron chi connectivity index (χ1n) is 4.90. The summed E-state index contributed by atoms with van der Waals surface area (Å²) in [6, 6.07) is 5.55. The van der Waals surface area contributed by atoms with E-state index in [1.54, 1.807) is 6.07 Å². The standard InChI is InChI=1S/C11H14N2O2.ClH/c1-13-6-5-12-9-7-8(11(14)15-2)3-4-10(9)13;/h3-4,7,12H,5-6H2,1-2H3;1H. The normalized spacial score (nSPS) is 13.2. The fourth-order valence-corrected chi connectivity index (χ4v) is 1.73. The number of methoxy groups -OCH3 is 1. The van der Waals surface area contributed by atoms with Crippen LogP contribution in [0.15, 0.2) is 18.2 Å². The summed E-state index contributed by atoms with van der Waals surface area (Å²) in [5, 5.41) is 3.26. The Morgan fingerprint density at radius 1 is 1.50 bits per heavy atom. The van der Waals surface area contributed by atoms with Gasteiger partial charge < -0.3 is 15.0 Å². The monoisotopic (exact) mass is 242 g/mol. The molecule has 0 bridgehead atoms. The van der Waals surface area contributed by atoms with Gasteiger partial charge >= 0.3 is 5.97 Å². The topological polar surface area (TPSA) is 41.6 Å². The number of hydrogen-bond donors (Lipinski definition) is 1. The van der Waals surface area contributed by atoms with E-state index in [4.69, 9.17) is 0 Å². The van der Waals surface area contributed by atoms with Gasteiger partial charge in [-0.25, -0.2) is 4.79 Å². The minimum Gasteiger partial charge on any atom is -0.465 e. The highest BCUT2D eigenvalue weighted by Gasteiger charge is 2.15. The molecule has 1 N–H and O–H groups in total. The van der Waals surface area contributed by atoms with Crippen LogP contribution in [-0.4, -0.2) is 33.2 Å². The van der Waals surface area contributed by atoms with Crippen LogP contribution >= 0.6 is 12.4 Å². The Kier molecular flexibility index (Phi) is 4.01. The molecule has 1 aliphatic rings. The van der Waals surface area contributed by atoms with Crippen LogP contribution in [0.4, 0.5) is 11.4 Å². The molecular weight excluding hydrogens is 228 g/mol. The van der Waals surface area contributed by atoms with Crippen LogP contribution in [0.2, 0.25) is 0 Å². The molecule has 0 unspecified atom stereocenters. The lowest BCUT2D eigenvalue weighted by molar-refractivity contribution is 0.0601. The van der Waals surface area contributed by atoms with Crippen molar-refractivity contribution in [1.29, 1.82) is 0 Å². The number of hydrogen-bond acceptors (Lipinski definition) is 4. The average Bonchev–Trinajstić information content (AvgIpc) is 2.28. The van der Waals surface area contributed by atoms with E-state index < -0.39 is 0 Å². The number of nitrogens with zero attached hydrogens (tertiary/aromatic N) is 1. The molecule has 0 spiro atoms. The maximum absolute atomic E-state index is 11.3. The van der Waals surface area contributed by atoms with Crippen molar-refractivity contribution in [2.75, 3.05) is 37.5 Å². The van der Waals surface area contributed by atoms with Crippen LogP contribution in [0.5, 0.6) is 0 Å². The van der Waals surface area contributed by atoms with Gasteiger partial charge in [-0.15, -0.1) is 12.4 Å². The molecule has 1 aromatic carbocycles. The number of ether oxygens (including phenoxy) is 1. The lowest BCUT2D eigenvalue weighted by atomic mass is 10.1. The number of anilines is 2. The number of halogens is 1. The maximum atomic E-state index is 11.3. The summed E-state index contributed by atoms with van der Waals surface area (Å²) in [5.41, 5.74) is 2.69. The summed E-state index contributed by atoms with van der Waals surface area (Å²) in [6.07, 6.45) is 0. The van der Waals surface area contributed by atoms with Crippen molar-refractivity contribution < 1.29 is 9.53 Å². The quantitative estimate of drug-likeness (QED) is 0.762. The number of fused-ring (bicyclic) bond motifs is 1. The van der Waals surface area contributed by atoms with E-state index in [1.165, 1.54) is 7.11 Å². The summed E-state index contributed by atoms with van der Waals surface area (Å²) >= 11 is 0. The molecule has 0 amide bonds. The maximum Gasteiger partial charge on any atom is 0.337 e. The zero-order chi connectivity index (χ0) is 10.8. The van der Waals surface area contributed by atoms with E-state index in [0.29, 0.717) is 5.56 Å². The lowest BCUT2D eigenvalue weighted by Crippen LogP contribution is -2.30. The Bertz CT molecular complexity index is 396. The summed E-state index contributed by atoms with van der Waals surface area (Å²) in [7, 11) is 3.43. The largest absolute Gasteiger partial charge is 0.465 e. The third kappa shape index (κ3) is 2.22. The van der Waals surface area contributed by atoms with Gasteiger partial charge in [0.2, 0.25) is 0 Å². The molecule has 0 saturated carbocycles. The smallest absolute Gasteiger partial charge is 0.337 e. The van der Waals surface area contributed by atoms with Gasteiger partial charge in [0.05, 0.1) is 24.0 Å². The van der Waals surface area contributed by atoms with Crippen molar-refractivity contribution in [2.24, 2.45) is 0 Å². The van der Waals surface area contributed by atoms with Crippen LogP contribution in [-0.2, 0) is 4.74 Å². The lowest BCUT2D eigenvalue weighted by Gasteiger charge is -2.28. The van der Waals surface area contributed by atoms with Crippen molar-refractivity contribution in [2.45, 2.75) is 0 Å². The third-order valence-corrected chi connectivity index (χ3v) is 2.59. The molecule has 2 rings (SSSR count).